The van der Waals surface area contributed by atoms with Gasteiger partial charge in [0.15, 0.2) is 5.11 Å². The second kappa shape index (κ2) is 6.13. The second-order valence-electron chi connectivity index (χ2n) is 6.24. The molecule has 2 aliphatic rings. The van der Waals surface area contributed by atoms with E-state index < -0.39 is 0 Å². The molecule has 0 spiro atoms. The number of hydrogen-bond acceptors (Lipinski definition) is 1. The summed E-state index contributed by atoms with van der Waals surface area (Å²) in [6.45, 7) is 3.23. The number of hydrogen-bond donors (Lipinski definition) is 1. The Morgan fingerprint density at radius 2 is 1.80 bits per heavy atom. The molecule has 1 aliphatic heterocycles. The molecule has 1 aliphatic carbocycles. The Morgan fingerprint density at radius 3 is 2.60 bits per heavy atom. The van der Waals surface area contributed by atoms with Gasteiger partial charge < -0.3 is 10.2 Å². The number of benzene rings is 1. The number of anilines is 1. The fourth-order valence-electron chi connectivity index (χ4n) is 3.71. The predicted octanol–water partition coefficient (Wildman–Crippen LogP) is 4.35. The number of nitrogens with zero attached hydrogens (tertiary/aromatic N) is 1. The SMILES string of the molecule is Cc1ccc(NC(=S)N2CCC[C@@H]3CCCC[C@H]32)cc1. The lowest BCUT2D eigenvalue weighted by atomic mass is 9.78. The van der Waals surface area contributed by atoms with Crippen LogP contribution in [0.4, 0.5) is 5.69 Å². The summed E-state index contributed by atoms with van der Waals surface area (Å²) in [5.41, 5.74) is 2.39. The van der Waals surface area contributed by atoms with Gasteiger partial charge in [-0.15, -0.1) is 0 Å². The summed E-state index contributed by atoms with van der Waals surface area (Å²) in [4.78, 5) is 2.46. The monoisotopic (exact) mass is 288 g/mol. The smallest absolute Gasteiger partial charge is 0.173 e. The Kier molecular flexibility index (Phi) is 4.25. The molecule has 0 bridgehead atoms. The molecular formula is C17H24N2S. The van der Waals surface area contributed by atoms with E-state index in [-0.39, 0.29) is 0 Å². The van der Waals surface area contributed by atoms with Gasteiger partial charge in [-0.1, -0.05) is 30.5 Å². The average Bonchev–Trinajstić information content (AvgIpc) is 2.49. The Labute approximate surface area is 127 Å². The molecule has 20 heavy (non-hydrogen) atoms. The van der Waals surface area contributed by atoms with Crippen LogP contribution in [0.5, 0.6) is 0 Å². The highest BCUT2D eigenvalue weighted by Gasteiger charge is 2.34. The molecule has 1 saturated heterocycles. The lowest BCUT2D eigenvalue weighted by Crippen LogP contribution is -2.51. The van der Waals surface area contributed by atoms with Crippen molar-refractivity contribution >= 4 is 23.0 Å². The van der Waals surface area contributed by atoms with Crippen LogP contribution in [-0.2, 0) is 0 Å². The molecule has 0 unspecified atom stereocenters. The Bertz CT molecular complexity index is 466. The minimum Gasteiger partial charge on any atom is -0.346 e. The van der Waals surface area contributed by atoms with Crippen molar-refractivity contribution < 1.29 is 0 Å². The second-order valence-corrected chi connectivity index (χ2v) is 6.63. The van der Waals surface area contributed by atoms with Gasteiger partial charge in [0.05, 0.1) is 0 Å². The number of aryl methyl sites for hydroxylation is 1. The summed E-state index contributed by atoms with van der Waals surface area (Å²) in [5, 5.41) is 4.35. The van der Waals surface area contributed by atoms with Crippen LogP contribution in [0.2, 0.25) is 0 Å². The first-order valence-electron chi connectivity index (χ1n) is 7.88. The normalized spacial score (nSPS) is 25.9. The fourth-order valence-corrected chi connectivity index (χ4v) is 4.05. The molecule has 0 radical (unpaired) electrons. The third-order valence-electron chi connectivity index (χ3n) is 4.81. The van der Waals surface area contributed by atoms with Crippen LogP contribution < -0.4 is 5.32 Å². The molecule has 108 valence electrons. The van der Waals surface area contributed by atoms with E-state index in [1.165, 1.54) is 44.1 Å². The molecule has 2 nitrogen and oxygen atoms in total. The lowest BCUT2D eigenvalue weighted by molar-refractivity contribution is 0.121. The van der Waals surface area contributed by atoms with E-state index in [1.54, 1.807) is 0 Å². The summed E-state index contributed by atoms with van der Waals surface area (Å²) >= 11 is 5.67. The Balaban J connectivity index is 1.67. The van der Waals surface area contributed by atoms with Crippen molar-refractivity contribution in [2.75, 3.05) is 11.9 Å². The van der Waals surface area contributed by atoms with Gasteiger partial charge in [0.1, 0.15) is 0 Å². The lowest BCUT2D eigenvalue weighted by Gasteiger charge is -2.45. The van der Waals surface area contributed by atoms with Crippen molar-refractivity contribution in [2.45, 2.75) is 51.5 Å². The third kappa shape index (κ3) is 2.98. The number of thiocarbonyl (C=S) groups is 1. The van der Waals surface area contributed by atoms with Crippen molar-refractivity contribution in [3.8, 4) is 0 Å². The zero-order chi connectivity index (χ0) is 13.9. The van der Waals surface area contributed by atoms with Crippen LogP contribution in [0.3, 0.4) is 0 Å². The Morgan fingerprint density at radius 1 is 1.10 bits per heavy atom. The van der Waals surface area contributed by atoms with Crippen LogP contribution in [-0.4, -0.2) is 22.6 Å². The first-order valence-corrected chi connectivity index (χ1v) is 8.29. The van der Waals surface area contributed by atoms with Gasteiger partial charge >= 0.3 is 0 Å². The summed E-state index contributed by atoms with van der Waals surface area (Å²) in [6, 6.07) is 9.17. The van der Waals surface area contributed by atoms with Gasteiger partial charge in [0, 0.05) is 18.3 Å². The standard InChI is InChI=1S/C17H24N2S/c1-13-8-10-15(11-9-13)18-17(20)19-12-4-6-14-5-2-3-7-16(14)19/h8-11,14,16H,2-7,12H2,1H3,(H,18,20)/t14-,16+/m0/s1. The van der Waals surface area contributed by atoms with Crippen molar-refractivity contribution in [1.82, 2.24) is 4.90 Å². The summed E-state index contributed by atoms with van der Waals surface area (Å²) in [7, 11) is 0. The first kappa shape index (κ1) is 13.9. The topological polar surface area (TPSA) is 15.3 Å². The van der Waals surface area contributed by atoms with Crippen molar-refractivity contribution in [3.05, 3.63) is 29.8 Å². The van der Waals surface area contributed by atoms with E-state index in [0.717, 1.165) is 23.3 Å². The molecule has 3 rings (SSSR count). The zero-order valence-corrected chi connectivity index (χ0v) is 13.1. The van der Waals surface area contributed by atoms with Crippen LogP contribution in [0.25, 0.3) is 0 Å². The molecule has 1 N–H and O–H groups in total. The van der Waals surface area contributed by atoms with Gasteiger partial charge in [-0.2, -0.15) is 0 Å². The van der Waals surface area contributed by atoms with E-state index >= 15 is 0 Å². The van der Waals surface area contributed by atoms with Gasteiger partial charge in [0.25, 0.3) is 0 Å². The minimum atomic E-state index is 0.683. The number of likely N-dealkylation sites (tertiary alicyclic amines) is 1. The van der Waals surface area contributed by atoms with E-state index in [1.807, 2.05) is 0 Å². The molecule has 2 fully saturated rings. The predicted molar refractivity (Wildman–Crippen MR) is 89.1 cm³/mol. The highest BCUT2D eigenvalue weighted by molar-refractivity contribution is 7.80. The summed E-state index contributed by atoms with van der Waals surface area (Å²) in [5.74, 6) is 0.871. The van der Waals surface area contributed by atoms with Gasteiger partial charge in [-0.25, -0.2) is 0 Å². The largest absolute Gasteiger partial charge is 0.346 e. The first-order chi connectivity index (χ1) is 9.74. The Hall–Kier alpha value is -1.09. The van der Waals surface area contributed by atoms with E-state index in [4.69, 9.17) is 12.2 Å². The third-order valence-corrected chi connectivity index (χ3v) is 5.14. The van der Waals surface area contributed by atoms with Gasteiger partial charge in [-0.05, 0) is 62.9 Å². The summed E-state index contributed by atoms with van der Waals surface area (Å²) < 4.78 is 0. The highest BCUT2D eigenvalue weighted by Crippen LogP contribution is 2.35. The molecule has 1 aromatic rings. The van der Waals surface area contributed by atoms with E-state index in [2.05, 4.69) is 41.4 Å². The quantitative estimate of drug-likeness (QED) is 0.774. The molecule has 2 atom stereocenters. The molecule has 1 saturated carbocycles. The average molecular weight is 288 g/mol. The maximum absolute atomic E-state index is 5.67. The van der Waals surface area contributed by atoms with Crippen molar-refractivity contribution in [2.24, 2.45) is 5.92 Å². The van der Waals surface area contributed by atoms with Crippen LogP contribution in [0.15, 0.2) is 24.3 Å². The summed E-state index contributed by atoms with van der Waals surface area (Å²) in [6.07, 6.45) is 8.18. The van der Waals surface area contributed by atoms with Crippen molar-refractivity contribution in [1.29, 1.82) is 0 Å². The highest BCUT2D eigenvalue weighted by atomic mass is 32.1. The van der Waals surface area contributed by atoms with Gasteiger partial charge in [-0.3, -0.25) is 0 Å². The number of rotatable bonds is 1. The number of nitrogens with one attached hydrogen (secondary N) is 1. The van der Waals surface area contributed by atoms with Crippen molar-refractivity contribution in [3.63, 3.8) is 0 Å². The van der Waals surface area contributed by atoms with E-state index in [9.17, 15) is 0 Å². The maximum atomic E-state index is 5.67. The molecule has 0 amide bonds. The van der Waals surface area contributed by atoms with Crippen LogP contribution in [0.1, 0.15) is 44.1 Å². The van der Waals surface area contributed by atoms with Gasteiger partial charge in [0.2, 0.25) is 0 Å². The van der Waals surface area contributed by atoms with Crippen LogP contribution in [0, 0.1) is 12.8 Å². The molecule has 1 heterocycles. The molecule has 0 aromatic heterocycles. The zero-order valence-electron chi connectivity index (χ0n) is 12.3. The maximum Gasteiger partial charge on any atom is 0.173 e. The van der Waals surface area contributed by atoms with Crippen LogP contribution >= 0.6 is 12.2 Å². The molecule has 1 aromatic carbocycles. The number of fused-ring (bicyclic) bond motifs is 1. The van der Waals surface area contributed by atoms with E-state index in [0.29, 0.717) is 6.04 Å². The molecular weight excluding hydrogens is 264 g/mol. The minimum absolute atomic E-state index is 0.683. The number of piperidine rings is 1. The molecule has 3 heteroatoms. The fraction of sp³-hybridized carbons (Fsp3) is 0.588.